The molecule has 0 aromatic heterocycles. The van der Waals surface area contributed by atoms with E-state index in [-0.39, 0.29) is 18.0 Å². The van der Waals surface area contributed by atoms with Crippen LogP contribution in [0.15, 0.2) is 40.9 Å². The Balaban J connectivity index is 1.94. The molecule has 1 aliphatic rings. The molecule has 4 heteroatoms. The summed E-state index contributed by atoms with van der Waals surface area (Å²) in [6, 6.07) is 10.9. The van der Waals surface area contributed by atoms with Crippen molar-refractivity contribution < 1.29 is 9.13 Å². The molecule has 20 heavy (non-hydrogen) atoms. The van der Waals surface area contributed by atoms with Crippen LogP contribution in [-0.4, -0.2) is 0 Å². The molecule has 2 aromatic carbocycles. The standard InChI is InChI=1S/C16H15BrFNO/c1-9-2-3-10(6-13(9)18)16-8-14(19)12-7-11(17)4-5-15(12)20-16/h2-7,14,16H,8,19H2,1H3/t14-,16?/m0/s1. The van der Waals surface area contributed by atoms with Crippen molar-refractivity contribution in [3.63, 3.8) is 0 Å². The molecular weight excluding hydrogens is 321 g/mol. The summed E-state index contributed by atoms with van der Waals surface area (Å²) in [6.07, 6.45) is 0.445. The lowest BCUT2D eigenvalue weighted by Crippen LogP contribution is -2.24. The van der Waals surface area contributed by atoms with Crippen LogP contribution in [-0.2, 0) is 0 Å². The van der Waals surface area contributed by atoms with E-state index in [0.29, 0.717) is 12.0 Å². The van der Waals surface area contributed by atoms with Gasteiger partial charge in [0.25, 0.3) is 0 Å². The van der Waals surface area contributed by atoms with Gasteiger partial charge in [-0.2, -0.15) is 0 Å². The SMILES string of the molecule is Cc1ccc(C2C[C@H](N)c3cc(Br)ccc3O2)cc1F. The minimum atomic E-state index is -0.207. The molecule has 1 aliphatic heterocycles. The molecule has 0 amide bonds. The van der Waals surface area contributed by atoms with Crippen molar-refractivity contribution in [2.45, 2.75) is 25.5 Å². The van der Waals surface area contributed by atoms with Crippen LogP contribution < -0.4 is 10.5 Å². The van der Waals surface area contributed by atoms with Crippen LogP contribution in [0.5, 0.6) is 5.75 Å². The first-order valence-electron chi connectivity index (χ1n) is 6.52. The molecule has 0 spiro atoms. The number of nitrogens with two attached hydrogens (primary N) is 1. The van der Waals surface area contributed by atoms with Crippen LogP contribution in [0.2, 0.25) is 0 Å². The van der Waals surface area contributed by atoms with Crippen molar-refractivity contribution in [2.24, 2.45) is 5.73 Å². The Labute approximate surface area is 125 Å². The molecular formula is C16H15BrFNO. The van der Waals surface area contributed by atoms with Crippen LogP contribution in [0.3, 0.4) is 0 Å². The van der Waals surface area contributed by atoms with Crippen molar-refractivity contribution in [3.05, 3.63) is 63.4 Å². The monoisotopic (exact) mass is 335 g/mol. The second-order valence-corrected chi connectivity index (χ2v) is 6.06. The zero-order chi connectivity index (χ0) is 14.3. The third kappa shape index (κ3) is 2.45. The third-order valence-corrected chi connectivity index (χ3v) is 4.17. The number of halogens is 2. The van der Waals surface area contributed by atoms with Gasteiger partial charge in [-0.1, -0.05) is 28.1 Å². The molecule has 2 aromatic rings. The summed E-state index contributed by atoms with van der Waals surface area (Å²) in [5.41, 5.74) is 8.67. The summed E-state index contributed by atoms with van der Waals surface area (Å²) in [5, 5.41) is 0. The maximum Gasteiger partial charge on any atom is 0.126 e. The fourth-order valence-electron chi connectivity index (χ4n) is 2.49. The predicted molar refractivity (Wildman–Crippen MR) is 80.2 cm³/mol. The Hall–Kier alpha value is -1.39. The summed E-state index contributed by atoms with van der Waals surface area (Å²) < 4.78 is 20.6. The molecule has 104 valence electrons. The van der Waals surface area contributed by atoms with E-state index in [0.717, 1.165) is 21.3 Å². The lowest BCUT2D eigenvalue weighted by Gasteiger charge is -2.30. The first-order valence-corrected chi connectivity index (χ1v) is 7.31. The van der Waals surface area contributed by atoms with Gasteiger partial charge in [0, 0.05) is 22.5 Å². The first kappa shape index (κ1) is 13.6. The summed E-state index contributed by atoms with van der Waals surface area (Å²) >= 11 is 3.43. The number of aryl methyl sites for hydroxylation is 1. The van der Waals surface area contributed by atoms with Crippen LogP contribution in [0, 0.1) is 12.7 Å². The van der Waals surface area contributed by atoms with E-state index in [4.69, 9.17) is 10.5 Å². The smallest absolute Gasteiger partial charge is 0.126 e. The molecule has 0 bridgehead atoms. The minimum Gasteiger partial charge on any atom is -0.485 e. The predicted octanol–water partition coefficient (Wildman–Crippen LogP) is 4.42. The Kier molecular flexibility index (Phi) is 3.52. The average Bonchev–Trinajstić information content (AvgIpc) is 2.42. The summed E-state index contributed by atoms with van der Waals surface area (Å²) in [5.74, 6) is 0.569. The molecule has 1 unspecified atom stereocenters. The van der Waals surface area contributed by atoms with Crippen molar-refractivity contribution in [1.82, 2.24) is 0 Å². The minimum absolute atomic E-state index is 0.106. The van der Waals surface area contributed by atoms with Gasteiger partial charge in [-0.15, -0.1) is 0 Å². The normalized spacial score (nSPS) is 21.2. The van der Waals surface area contributed by atoms with Gasteiger partial charge >= 0.3 is 0 Å². The van der Waals surface area contributed by atoms with Gasteiger partial charge in [-0.3, -0.25) is 0 Å². The van der Waals surface area contributed by atoms with Gasteiger partial charge in [-0.25, -0.2) is 4.39 Å². The Bertz CT molecular complexity index is 659. The number of benzene rings is 2. The maximum atomic E-state index is 13.7. The molecule has 0 saturated heterocycles. The molecule has 2 nitrogen and oxygen atoms in total. The van der Waals surface area contributed by atoms with Gasteiger partial charge in [-0.05, 0) is 42.3 Å². The van der Waals surface area contributed by atoms with Gasteiger partial charge in [0.05, 0.1) is 0 Å². The molecule has 2 N–H and O–H groups in total. The maximum absolute atomic E-state index is 13.7. The zero-order valence-corrected chi connectivity index (χ0v) is 12.7. The van der Waals surface area contributed by atoms with E-state index in [1.807, 2.05) is 24.3 Å². The highest BCUT2D eigenvalue weighted by Gasteiger charge is 2.27. The lowest BCUT2D eigenvalue weighted by molar-refractivity contribution is 0.161. The Morgan fingerprint density at radius 3 is 2.80 bits per heavy atom. The molecule has 1 heterocycles. The van der Waals surface area contributed by atoms with Crippen LogP contribution in [0.25, 0.3) is 0 Å². The highest BCUT2D eigenvalue weighted by atomic mass is 79.9. The molecule has 0 saturated carbocycles. The summed E-state index contributed by atoms with van der Waals surface area (Å²) in [6.45, 7) is 1.75. The number of rotatable bonds is 1. The number of fused-ring (bicyclic) bond motifs is 1. The van der Waals surface area contributed by atoms with Gasteiger partial charge in [0.1, 0.15) is 17.7 Å². The number of hydrogen-bond donors (Lipinski definition) is 1. The van der Waals surface area contributed by atoms with E-state index < -0.39 is 0 Å². The Morgan fingerprint density at radius 2 is 2.05 bits per heavy atom. The van der Waals surface area contributed by atoms with Crippen molar-refractivity contribution in [1.29, 1.82) is 0 Å². The van der Waals surface area contributed by atoms with Crippen LogP contribution in [0.4, 0.5) is 4.39 Å². The second kappa shape index (κ2) is 5.19. The zero-order valence-electron chi connectivity index (χ0n) is 11.1. The highest BCUT2D eigenvalue weighted by Crippen LogP contribution is 2.40. The average molecular weight is 336 g/mol. The fourth-order valence-corrected chi connectivity index (χ4v) is 2.87. The van der Waals surface area contributed by atoms with E-state index in [1.54, 1.807) is 13.0 Å². The van der Waals surface area contributed by atoms with Crippen molar-refractivity contribution in [3.8, 4) is 5.75 Å². The van der Waals surface area contributed by atoms with E-state index >= 15 is 0 Å². The van der Waals surface area contributed by atoms with E-state index in [1.165, 1.54) is 6.07 Å². The quantitative estimate of drug-likeness (QED) is 0.837. The lowest BCUT2D eigenvalue weighted by atomic mass is 9.93. The van der Waals surface area contributed by atoms with Crippen molar-refractivity contribution >= 4 is 15.9 Å². The largest absolute Gasteiger partial charge is 0.485 e. The van der Waals surface area contributed by atoms with Gasteiger partial charge in [0.2, 0.25) is 0 Å². The number of hydrogen-bond acceptors (Lipinski definition) is 2. The Morgan fingerprint density at radius 1 is 1.25 bits per heavy atom. The van der Waals surface area contributed by atoms with Gasteiger partial charge in [0.15, 0.2) is 0 Å². The molecule has 0 aliphatic carbocycles. The van der Waals surface area contributed by atoms with Crippen LogP contribution >= 0.6 is 15.9 Å². The molecule has 3 rings (SSSR count). The third-order valence-electron chi connectivity index (χ3n) is 3.68. The topological polar surface area (TPSA) is 35.2 Å². The summed E-state index contributed by atoms with van der Waals surface area (Å²) in [7, 11) is 0. The summed E-state index contributed by atoms with van der Waals surface area (Å²) in [4.78, 5) is 0. The molecule has 0 fully saturated rings. The highest BCUT2D eigenvalue weighted by molar-refractivity contribution is 9.10. The fraction of sp³-hybridized carbons (Fsp3) is 0.250. The molecule has 2 atom stereocenters. The first-order chi connectivity index (χ1) is 9.54. The van der Waals surface area contributed by atoms with Crippen LogP contribution in [0.1, 0.15) is 35.3 Å². The number of ether oxygens (including phenoxy) is 1. The van der Waals surface area contributed by atoms with E-state index in [9.17, 15) is 4.39 Å². The van der Waals surface area contributed by atoms with Crippen molar-refractivity contribution in [2.75, 3.05) is 0 Å². The second-order valence-electron chi connectivity index (χ2n) is 5.14. The molecule has 0 radical (unpaired) electrons. The van der Waals surface area contributed by atoms with Gasteiger partial charge < -0.3 is 10.5 Å². The van der Waals surface area contributed by atoms with E-state index in [2.05, 4.69) is 15.9 Å².